The summed E-state index contributed by atoms with van der Waals surface area (Å²) in [5, 5.41) is 4.08. The van der Waals surface area contributed by atoms with Gasteiger partial charge in [-0.15, -0.1) is 11.3 Å². The van der Waals surface area contributed by atoms with Gasteiger partial charge in [-0.05, 0) is 39.9 Å². The lowest BCUT2D eigenvalue weighted by molar-refractivity contribution is 0.215. The Kier molecular flexibility index (Phi) is 5.09. The molecule has 1 aliphatic heterocycles. The molecular weight excluding hydrogens is 472 g/mol. The zero-order valence-corrected chi connectivity index (χ0v) is 20.6. The second kappa shape index (κ2) is 8.45. The van der Waals surface area contributed by atoms with Crippen LogP contribution in [0.15, 0.2) is 84.5 Å². The fourth-order valence-electron chi connectivity index (χ4n) is 5.66. The second-order valence-electron chi connectivity index (χ2n) is 9.13. The minimum absolute atomic E-state index is 0.320. The molecule has 3 heterocycles. The number of hydrogen-bond acceptors (Lipinski definition) is 5. The normalized spacial score (nSPS) is 16.0. The maximum Gasteiger partial charge on any atom is 0.141 e. The number of aromatic nitrogens is 2. The van der Waals surface area contributed by atoms with Gasteiger partial charge < -0.3 is 4.90 Å². The number of nitrogens with zero attached hydrogens (tertiary/aromatic N) is 4. The highest BCUT2D eigenvalue weighted by Gasteiger charge is 2.34. The Hall–Kier alpha value is -3.25. The minimum Gasteiger partial charge on any atom is -0.353 e. The number of fused-ring (bicyclic) bond motifs is 4. The van der Waals surface area contributed by atoms with E-state index < -0.39 is 0 Å². The summed E-state index contributed by atoms with van der Waals surface area (Å²) >= 11 is 7.82. The van der Waals surface area contributed by atoms with E-state index in [4.69, 9.17) is 16.6 Å². The van der Waals surface area contributed by atoms with E-state index in [9.17, 15) is 0 Å². The molecule has 1 aliphatic carbocycles. The molecule has 0 spiro atoms. The van der Waals surface area contributed by atoms with Crippen LogP contribution in [0.25, 0.3) is 32.5 Å². The molecule has 4 nitrogen and oxygen atoms in total. The third kappa shape index (κ3) is 3.46. The fraction of sp³-hybridized carbons (Fsp3) is 0.172. The summed E-state index contributed by atoms with van der Waals surface area (Å²) in [5.41, 5.74) is 7.93. The third-order valence-electron chi connectivity index (χ3n) is 7.29. The van der Waals surface area contributed by atoms with Crippen molar-refractivity contribution in [3.8, 4) is 22.3 Å². The summed E-state index contributed by atoms with van der Waals surface area (Å²) < 4.78 is 0. The van der Waals surface area contributed by atoms with Crippen molar-refractivity contribution >= 4 is 39.0 Å². The maximum atomic E-state index is 6.14. The topological polar surface area (TPSA) is 32.3 Å². The molecule has 0 N–H and O–H groups in total. The standard InChI is InChI=1S/C29H23ClN4S/c30-20-11-9-19(10-12-20)25-17-35-29-26(25)28(31-18-32-29)34-15-13-33(14-16-34)27-23-7-3-1-5-21(23)22-6-2-4-8-24(22)27/h1-12,17-18,27H,13-16H2. The van der Waals surface area contributed by atoms with Crippen LogP contribution in [0.5, 0.6) is 0 Å². The number of thiophene rings is 1. The van der Waals surface area contributed by atoms with Gasteiger partial charge in [-0.3, -0.25) is 4.90 Å². The number of piperazine rings is 1. The second-order valence-corrected chi connectivity index (χ2v) is 10.4. The smallest absolute Gasteiger partial charge is 0.141 e. The summed E-state index contributed by atoms with van der Waals surface area (Å²) in [6, 6.07) is 26.1. The summed E-state index contributed by atoms with van der Waals surface area (Å²) in [5.74, 6) is 1.04. The summed E-state index contributed by atoms with van der Waals surface area (Å²) in [4.78, 5) is 15.4. The van der Waals surface area contributed by atoms with Crippen molar-refractivity contribution in [3.63, 3.8) is 0 Å². The quantitative estimate of drug-likeness (QED) is 0.273. The van der Waals surface area contributed by atoms with Crippen molar-refractivity contribution < 1.29 is 0 Å². The van der Waals surface area contributed by atoms with Gasteiger partial charge in [0.15, 0.2) is 0 Å². The van der Waals surface area contributed by atoms with E-state index in [1.54, 1.807) is 17.7 Å². The van der Waals surface area contributed by atoms with Crippen LogP contribution in [0.1, 0.15) is 17.2 Å². The van der Waals surface area contributed by atoms with Crippen LogP contribution < -0.4 is 4.90 Å². The average molecular weight is 495 g/mol. The SMILES string of the molecule is Clc1ccc(-c2csc3ncnc(N4CCN(C5c6ccccc6-c6ccccc65)CC4)c23)cc1. The van der Waals surface area contributed by atoms with Gasteiger partial charge in [-0.2, -0.15) is 0 Å². The zero-order chi connectivity index (χ0) is 23.4. The largest absolute Gasteiger partial charge is 0.353 e. The van der Waals surface area contributed by atoms with Crippen molar-refractivity contribution in [1.82, 2.24) is 14.9 Å². The minimum atomic E-state index is 0.320. The Morgan fingerprint density at radius 2 is 1.40 bits per heavy atom. The Balaban J connectivity index is 1.20. The number of anilines is 1. The lowest BCUT2D eigenvalue weighted by atomic mass is 10.0. The Morgan fingerprint density at radius 1 is 0.743 bits per heavy atom. The van der Waals surface area contributed by atoms with E-state index in [1.807, 2.05) is 12.1 Å². The third-order valence-corrected chi connectivity index (χ3v) is 8.42. The molecule has 1 saturated heterocycles. The van der Waals surface area contributed by atoms with Gasteiger partial charge in [0.25, 0.3) is 0 Å². The van der Waals surface area contributed by atoms with Gasteiger partial charge in [0.2, 0.25) is 0 Å². The van der Waals surface area contributed by atoms with Crippen LogP contribution in [0.4, 0.5) is 5.82 Å². The van der Waals surface area contributed by atoms with Crippen molar-refractivity contribution in [3.05, 3.63) is 101 Å². The van der Waals surface area contributed by atoms with Gasteiger partial charge in [-0.1, -0.05) is 72.3 Å². The van der Waals surface area contributed by atoms with Crippen molar-refractivity contribution in [2.24, 2.45) is 0 Å². The summed E-state index contributed by atoms with van der Waals surface area (Å²) in [6.07, 6.45) is 1.70. The summed E-state index contributed by atoms with van der Waals surface area (Å²) in [6.45, 7) is 3.84. The molecule has 6 heteroatoms. The van der Waals surface area contributed by atoms with Crippen LogP contribution in [-0.4, -0.2) is 41.0 Å². The maximum absolute atomic E-state index is 6.14. The van der Waals surface area contributed by atoms with Gasteiger partial charge in [0.05, 0.1) is 11.4 Å². The highest BCUT2D eigenvalue weighted by molar-refractivity contribution is 7.17. The van der Waals surface area contributed by atoms with Crippen LogP contribution in [0.3, 0.4) is 0 Å². The van der Waals surface area contributed by atoms with Crippen molar-refractivity contribution in [1.29, 1.82) is 0 Å². The molecule has 2 aromatic heterocycles. The highest BCUT2D eigenvalue weighted by atomic mass is 35.5. The number of benzene rings is 3. The molecule has 0 amide bonds. The van der Waals surface area contributed by atoms with Crippen LogP contribution in [-0.2, 0) is 0 Å². The van der Waals surface area contributed by atoms with Gasteiger partial charge in [0.1, 0.15) is 17.0 Å². The van der Waals surface area contributed by atoms with Crippen LogP contribution in [0, 0.1) is 0 Å². The first kappa shape index (κ1) is 21.1. The molecule has 0 radical (unpaired) electrons. The molecule has 0 unspecified atom stereocenters. The Bertz CT molecular complexity index is 1490. The highest BCUT2D eigenvalue weighted by Crippen LogP contribution is 2.46. The number of rotatable bonds is 3. The predicted molar refractivity (Wildman–Crippen MR) is 145 cm³/mol. The zero-order valence-electron chi connectivity index (χ0n) is 19.1. The van der Waals surface area contributed by atoms with Crippen molar-refractivity contribution in [2.45, 2.75) is 6.04 Å². The van der Waals surface area contributed by atoms with E-state index in [-0.39, 0.29) is 0 Å². The monoisotopic (exact) mass is 494 g/mol. The Labute approximate surface area is 213 Å². The molecule has 5 aromatic rings. The molecule has 3 aromatic carbocycles. The molecule has 0 saturated carbocycles. The first-order valence-electron chi connectivity index (χ1n) is 11.9. The first-order valence-corrected chi connectivity index (χ1v) is 13.2. The predicted octanol–water partition coefficient (Wildman–Crippen LogP) is 6.90. The summed E-state index contributed by atoms with van der Waals surface area (Å²) in [7, 11) is 0. The van der Waals surface area contributed by atoms with Gasteiger partial charge in [-0.25, -0.2) is 9.97 Å². The fourth-order valence-corrected chi connectivity index (χ4v) is 6.69. The molecule has 172 valence electrons. The van der Waals surface area contributed by atoms with Crippen molar-refractivity contribution in [2.75, 3.05) is 31.1 Å². The molecule has 1 fully saturated rings. The van der Waals surface area contributed by atoms with E-state index in [0.29, 0.717) is 6.04 Å². The van der Waals surface area contributed by atoms with E-state index in [2.05, 4.69) is 80.8 Å². The van der Waals surface area contributed by atoms with Gasteiger partial charge in [0, 0.05) is 42.1 Å². The first-order chi connectivity index (χ1) is 17.3. The Morgan fingerprint density at radius 3 is 2.09 bits per heavy atom. The van der Waals surface area contributed by atoms with Crippen LogP contribution in [0.2, 0.25) is 5.02 Å². The van der Waals surface area contributed by atoms with Gasteiger partial charge >= 0.3 is 0 Å². The van der Waals surface area contributed by atoms with E-state index in [1.165, 1.54) is 27.8 Å². The lowest BCUT2D eigenvalue weighted by Crippen LogP contribution is -2.48. The molecule has 35 heavy (non-hydrogen) atoms. The van der Waals surface area contributed by atoms with E-state index in [0.717, 1.165) is 52.8 Å². The van der Waals surface area contributed by atoms with Crippen LogP contribution >= 0.6 is 22.9 Å². The van der Waals surface area contributed by atoms with E-state index >= 15 is 0 Å². The average Bonchev–Trinajstić information content (AvgIpc) is 3.49. The number of hydrogen-bond donors (Lipinski definition) is 0. The lowest BCUT2D eigenvalue weighted by Gasteiger charge is -2.39. The molecular formula is C29H23ClN4S. The molecule has 2 aliphatic rings. The molecule has 0 bridgehead atoms. The molecule has 7 rings (SSSR count). The molecule has 0 atom stereocenters. The number of halogens is 1.